The highest BCUT2D eigenvalue weighted by Gasteiger charge is 2.37. The van der Waals surface area contributed by atoms with Crippen LogP contribution < -0.4 is 5.32 Å². The average molecular weight is 155 g/mol. The Morgan fingerprint density at radius 1 is 1.27 bits per heavy atom. The van der Waals surface area contributed by atoms with E-state index in [1.807, 2.05) is 7.11 Å². The van der Waals surface area contributed by atoms with E-state index in [-0.39, 0.29) is 0 Å². The van der Waals surface area contributed by atoms with Crippen LogP contribution in [0.5, 0.6) is 0 Å². The molecule has 2 nitrogen and oxygen atoms in total. The van der Waals surface area contributed by atoms with Crippen LogP contribution in [0.15, 0.2) is 0 Å². The lowest BCUT2D eigenvalue weighted by molar-refractivity contribution is 0.0537. The molecule has 0 amide bonds. The minimum Gasteiger partial charge on any atom is -0.381 e. The highest BCUT2D eigenvalue weighted by Crippen LogP contribution is 2.36. The third-order valence-electron chi connectivity index (χ3n) is 3.28. The first-order valence-electron chi connectivity index (χ1n) is 4.65. The number of ether oxygens (including phenoxy) is 1. The van der Waals surface area contributed by atoms with Crippen molar-refractivity contribution in [2.24, 2.45) is 11.8 Å². The van der Waals surface area contributed by atoms with Crippen molar-refractivity contribution < 1.29 is 4.74 Å². The molecule has 64 valence electrons. The molecule has 1 saturated carbocycles. The number of hydrogen-bond acceptors (Lipinski definition) is 2. The van der Waals surface area contributed by atoms with E-state index >= 15 is 0 Å². The predicted molar refractivity (Wildman–Crippen MR) is 44.5 cm³/mol. The smallest absolute Gasteiger partial charge is 0.0614 e. The number of rotatable bonds is 1. The van der Waals surface area contributed by atoms with Crippen molar-refractivity contribution in [2.75, 3.05) is 20.2 Å². The van der Waals surface area contributed by atoms with Crippen molar-refractivity contribution in [3.8, 4) is 0 Å². The lowest BCUT2D eigenvalue weighted by atomic mass is 9.89. The van der Waals surface area contributed by atoms with Gasteiger partial charge < -0.3 is 10.1 Å². The van der Waals surface area contributed by atoms with Gasteiger partial charge in [0.1, 0.15) is 0 Å². The van der Waals surface area contributed by atoms with Crippen molar-refractivity contribution in [1.82, 2.24) is 5.32 Å². The molecule has 2 heteroatoms. The van der Waals surface area contributed by atoms with E-state index in [1.54, 1.807) is 0 Å². The summed E-state index contributed by atoms with van der Waals surface area (Å²) in [5.74, 6) is 1.77. The van der Waals surface area contributed by atoms with Crippen molar-refractivity contribution in [1.29, 1.82) is 0 Å². The molecular weight excluding hydrogens is 138 g/mol. The average Bonchev–Trinajstić information content (AvgIpc) is 2.47. The van der Waals surface area contributed by atoms with Crippen LogP contribution in [0.1, 0.15) is 19.3 Å². The van der Waals surface area contributed by atoms with E-state index < -0.39 is 0 Å². The van der Waals surface area contributed by atoms with Gasteiger partial charge in [-0.3, -0.25) is 0 Å². The van der Waals surface area contributed by atoms with E-state index in [0.29, 0.717) is 6.10 Å². The quantitative estimate of drug-likeness (QED) is 0.610. The second kappa shape index (κ2) is 3.11. The monoisotopic (exact) mass is 155 g/mol. The maximum atomic E-state index is 5.44. The molecule has 11 heavy (non-hydrogen) atoms. The molecule has 1 N–H and O–H groups in total. The molecule has 1 heterocycles. The highest BCUT2D eigenvalue weighted by molar-refractivity contribution is 4.89. The lowest BCUT2D eigenvalue weighted by Gasteiger charge is -2.29. The van der Waals surface area contributed by atoms with Crippen molar-refractivity contribution in [3.05, 3.63) is 0 Å². The Hall–Kier alpha value is -0.0800. The highest BCUT2D eigenvalue weighted by atomic mass is 16.5. The van der Waals surface area contributed by atoms with Gasteiger partial charge in [0.2, 0.25) is 0 Å². The Labute approximate surface area is 68.3 Å². The van der Waals surface area contributed by atoms with Crippen molar-refractivity contribution >= 4 is 0 Å². The van der Waals surface area contributed by atoms with Crippen LogP contribution in [0.2, 0.25) is 0 Å². The number of methoxy groups -OCH3 is 1. The van der Waals surface area contributed by atoms with Crippen LogP contribution in [0.3, 0.4) is 0 Å². The number of hydrogen-bond donors (Lipinski definition) is 1. The maximum Gasteiger partial charge on any atom is 0.0614 e. The second-order valence-electron chi connectivity index (χ2n) is 3.77. The zero-order valence-electron chi connectivity index (χ0n) is 7.18. The molecule has 1 saturated heterocycles. The van der Waals surface area contributed by atoms with Crippen LogP contribution in [0.4, 0.5) is 0 Å². The largest absolute Gasteiger partial charge is 0.381 e. The molecule has 3 atom stereocenters. The molecule has 2 rings (SSSR count). The first kappa shape index (κ1) is 7.56. The lowest BCUT2D eigenvalue weighted by Crippen LogP contribution is -2.38. The van der Waals surface area contributed by atoms with Gasteiger partial charge in [-0.15, -0.1) is 0 Å². The van der Waals surface area contributed by atoms with Crippen LogP contribution in [0, 0.1) is 11.8 Å². The Bertz CT molecular complexity index is 132. The summed E-state index contributed by atoms with van der Waals surface area (Å²) in [5.41, 5.74) is 0. The van der Waals surface area contributed by atoms with Gasteiger partial charge >= 0.3 is 0 Å². The summed E-state index contributed by atoms with van der Waals surface area (Å²) >= 11 is 0. The van der Waals surface area contributed by atoms with Crippen LogP contribution in [-0.4, -0.2) is 26.3 Å². The molecule has 1 aliphatic heterocycles. The van der Waals surface area contributed by atoms with Gasteiger partial charge in [-0.05, 0) is 31.7 Å². The van der Waals surface area contributed by atoms with Gasteiger partial charge in [-0.25, -0.2) is 0 Å². The molecule has 1 aliphatic carbocycles. The minimum atomic E-state index is 0.549. The summed E-state index contributed by atoms with van der Waals surface area (Å²) in [4.78, 5) is 0. The normalized spacial score (nSPS) is 43.9. The predicted octanol–water partition coefficient (Wildman–Crippen LogP) is 1.02. The van der Waals surface area contributed by atoms with E-state index in [9.17, 15) is 0 Å². The molecule has 0 bridgehead atoms. The molecule has 0 radical (unpaired) electrons. The Balaban J connectivity index is 1.98. The third kappa shape index (κ3) is 1.30. The number of fused-ring (bicyclic) bond motifs is 1. The van der Waals surface area contributed by atoms with Crippen LogP contribution in [-0.2, 0) is 4.74 Å². The summed E-state index contributed by atoms with van der Waals surface area (Å²) in [6.45, 7) is 2.40. The maximum absolute atomic E-state index is 5.44. The van der Waals surface area contributed by atoms with E-state index in [0.717, 1.165) is 11.8 Å². The minimum absolute atomic E-state index is 0.549. The van der Waals surface area contributed by atoms with Gasteiger partial charge in [0.25, 0.3) is 0 Å². The first-order valence-corrected chi connectivity index (χ1v) is 4.65. The fraction of sp³-hybridized carbons (Fsp3) is 1.00. The van der Waals surface area contributed by atoms with Crippen LogP contribution >= 0.6 is 0 Å². The van der Waals surface area contributed by atoms with Crippen LogP contribution in [0.25, 0.3) is 0 Å². The Morgan fingerprint density at radius 2 is 2.18 bits per heavy atom. The fourth-order valence-electron chi connectivity index (χ4n) is 2.62. The molecule has 0 aromatic heterocycles. The zero-order valence-corrected chi connectivity index (χ0v) is 7.18. The van der Waals surface area contributed by atoms with E-state index in [1.165, 1.54) is 32.4 Å². The Kier molecular flexibility index (Phi) is 2.14. The number of nitrogens with one attached hydrogen (secondary N) is 1. The topological polar surface area (TPSA) is 21.3 Å². The van der Waals surface area contributed by atoms with Crippen molar-refractivity contribution in [3.63, 3.8) is 0 Å². The summed E-state index contributed by atoms with van der Waals surface area (Å²) in [5, 5.41) is 3.44. The molecule has 0 spiro atoms. The van der Waals surface area contributed by atoms with Gasteiger partial charge in [-0.2, -0.15) is 0 Å². The molecule has 0 aromatic carbocycles. The van der Waals surface area contributed by atoms with Gasteiger partial charge in [0, 0.05) is 19.6 Å². The van der Waals surface area contributed by atoms with E-state index in [4.69, 9.17) is 4.74 Å². The molecule has 3 unspecified atom stereocenters. The second-order valence-corrected chi connectivity index (χ2v) is 3.77. The van der Waals surface area contributed by atoms with Gasteiger partial charge in [0.05, 0.1) is 6.10 Å². The van der Waals surface area contributed by atoms with Gasteiger partial charge in [0.15, 0.2) is 0 Å². The molecule has 0 aromatic rings. The zero-order chi connectivity index (χ0) is 7.68. The summed E-state index contributed by atoms with van der Waals surface area (Å²) < 4.78 is 5.44. The molecule has 2 aliphatic rings. The number of piperidine rings is 1. The van der Waals surface area contributed by atoms with E-state index in [2.05, 4.69) is 5.32 Å². The van der Waals surface area contributed by atoms with Gasteiger partial charge in [-0.1, -0.05) is 0 Å². The Morgan fingerprint density at radius 3 is 3.00 bits per heavy atom. The fourth-order valence-corrected chi connectivity index (χ4v) is 2.62. The summed E-state index contributed by atoms with van der Waals surface area (Å²) in [6.07, 6.45) is 4.59. The van der Waals surface area contributed by atoms with Crippen molar-refractivity contribution in [2.45, 2.75) is 25.4 Å². The first-order chi connectivity index (χ1) is 5.42. The summed E-state index contributed by atoms with van der Waals surface area (Å²) in [7, 11) is 1.85. The third-order valence-corrected chi connectivity index (χ3v) is 3.28. The summed E-state index contributed by atoms with van der Waals surface area (Å²) in [6, 6.07) is 0. The molecule has 2 fully saturated rings. The molecular formula is C9H17NO. The standard InChI is InChI=1S/C9H17NO/c1-11-9-3-2-7-4-5-10-6-8(7)9/h7-10H,2-6H2,1H3. The SMILES string of the molecule is COC1CCC2CCNCC21.